The number of hydrogen-bond acceptors (Lipinski definition) is 3. The quantitative estimate of drug-likeness (QED) is 0.784. The van der Waals surface area contributed by atoms with Crippen molar-refractivity contribution in [1.82, 2.24) is 5.32 Å². The fraction of sp³-hybridized carbons (Fsp3) is 0.263. The molecule has 0 fully saturated rings. The van der Waals surface area contributed by atoms with Crippen molar-refractivity contribution in [3.05, 3.63) is 71.3 Å². The Labute approximate surface area is 144 Å². The van der Waals surface area contributed by atoms with Crippen molar-refractivity contribution < 1.29 is 23.1 Å². The maximum absolute atomic E-state index is 13.6. The van der Waals surface area contributed by atoms with Crippen molar-refractivity contribution in [2.24, 2.45) is 0 Å². The zero-order chi connectivity index (χ0) is 18.2. The van der Waals surface area contributed by atoms with Crippen LogP contribution >= 0.6 is 0 Å². The number of aryl methyl sites for hydroxylation is 1. The van der Waals surface area contributed by atoms with E-state index in [1.54, 1.807) is 0 Å². The normalized spacial score (nSPS) is 11.6. The lowest BCUT2D eigenvalue weighted by atomic mass is 10.0. The molecule has 0 aromatic heterocycles. The predicted octanol–water partition coefficient (Wildman–Crippen LogP) is 2.80. The van der Waals surface area contributed by atoms with Gasteiger partial charge in [0.15, 0.2) is 0 Å². The number of esters is 1. The van der Waals surface area contributed by atoms with Crippen LogP contribution in [0.5, 0.6) is 0 Å². The molecule has 2 rings (SSSR count). The SMILES string of the molecule is COC(=O)[C@@H](CCc1ccccc1)NC(=O)Cc1ccc(F)cc1F. The second-order valence-corrected chi connectivity index (χ2v) is 5.58. The molecule has 0 aliphatic carbocycles. The van der Waals surface area contributed by atoms with E-state index < -0.39 is 29.6 Å². The summed E-state index contributed by atoms with van der Waals surface area (Å²) in [6, 6.07) is 11.7. The molecular weight excluding hydrogens is 328 g/mol. The Kier molecular flexibility index (Phi) is 6.62. The van der Waals surface area contributed by atoms with Crippen LogP contribution in [0.15, 0.2) is 48.5 Å². The van der Waals surface area contributed by atoms with Gasteiger partial charge in [-0.15, -0.1) is 0 Å². The molecule has 6 heteroatoms. The molecule has 2 aromatic carbocycles. The number of hydrogen-bond donors (Lipinski definition) is 1. The molecule has 0 radical (unpaired) electrons. The zero-order valence-corrected chi connectivity index (χ0v) is 13.8. The third-order valence-corrected chi connectivity index (χ3v) is 3.75. The van der Waals surface area contributed by atoms with Crippen molar-refractivity contribution in [1.29, 1.82) is 0 Å². The lowest BCUT2D eigenvalue weighted by Gasteiger charge is -2.16. The second kappa shape index (κ2) is 8.92. The summed E-state index contributed by atoms with van der Waals surface area (Å²) in [6.45, 7) is 0. The fourth-order valence-electron chi connectivity index (χ4n) is 2.43. The molecule has 25 heavy (non-hydrogen) atoms. The first-order valence-electron chi connectivity index (χ1n) is 7.84. The van der Waals surface area contributed by atoms with Crippen LogP contribution in [0.4, 0.5) is 8.78 Å². The fourth-order valence-corrected chi connectivity index (χ4v) is 2.43. The highest BCUT2D eigenvalue weighted by molar-refractivity contribution is 5.85. The van der Waals surface area contributed by atoms with Crippen molar-refractivity contribution in [2.45, 2.75) is 25.3 Å². The highest BCUT2D eigenvalue weighted by Crippen LogP contribution is 2.11. The number of methoxy groups -OCH3 is 1. The number of carbonyl (C=O) groups is 2. The third kappa shape index (κ3) is 5.67. The smallest absolute Gasteiger partial charge is 0.328 e. The van der Waals surface area contributed by atoms with Gasteiger partial charge in [0.1, 0.15) is 17.7 Å². The van der Waals surface area contributed by atoms with Crippen LogP contribution in [0, 0.1) is 11.6 Å². The summed E-state index contributed by atoms with van der Waals surface area (Å²) in [5.41, 5.74) is 1.08. The predicted molar refractivity (Wildman–Crippen MR) is 88.8 cm³/mol. The van der Waals surface area contributed by atoms with Gasteiger partial charge >= 0.3 is 5.97 Å². The highest BCUT2D eigenvalue weighted by atomic mass is 19.1. The number of carbonyl (C=O) groups excluding carboxylic acids is 2. The number of benzene rings is 2. The van der Waals surface area contributed by atoms with Crippen LogP contribution in [0.25, 0.3) is 0 Å². The molecule has 0 unspecified atom stereocenters. The van der Waals surface area contributed by atoms with Gasteiger partial charge in [-0.2, -0.15) is 0 Å². The second-order valence-electron chi connectivity index (χ2n) is 5.58. The van der Waals surface area contributed by atoms with Crippen molar-refractivity contribution in [3.8, 4) is 0 Å². The number of amides is 1. The van der Waals surface area contributed by atoms with E-state index in [0.717, 1.165) is 17.7 Å². The number of nitrogens with one attached hydrogen (secondary N) is 1. The highest BCUT2D eigenvalue weighted by Gasteiger charge is 2.22. The molecule has 0 bridgehead atoms. The van der Waals surface area contributed by atoms with E-state index in [-0.39, 0.29) is 12.0 Å². The maximum atomic E-state index is 13.6. The zero-order valence-electron chi connectivity index (χ0n) is 13.8. The van der Waals surface area contributed by atoms with E-state index >= 15 is 0 Å². The van der Waals surface area contributed by atoms with Crippen LogP contribution < -0.4 is 5.32 Å². The molecule has 132 valence electrons. The van der Waals surface area contributed by atoms with Crippen molar-refractivity contribution in [3.63, 3.8) is 0 Å². The summed E-state index contributed by atoms with van der Waals surface area (Å²) in [7, 11) is 1.24. The van der Waals surface area contributed by atoms with Gasteiger partial charge < -0.3 is 10.1 Å². The van der Waals surface area contributed by atoms with Crippen LogP contribution in [0.1, 0.15) is 17.5 Å². The average molecular weight is 347 g/mol. The first-order chi connectivity index (χ1) is 12.0. The van der Waals surface area contributed by atoms with Gasteiger partial charge in [-0.25, -0.2) is 13.6 Å². The monoisotopic (exact) mass is 347 g/mol. The summed E-state index contributed by atoms with van der Waals surface area (Å²) >= 11 is 0. The van der Waals surface area contributed by atoms with Crippen LogP contribution in [0.2, 0.25) is 0 Å². The van der Waals surface area contributed by atoms with Crippen LogP contribution in [0.3, 0.4) is 0 Å². The average Bonchev–Trinajstić information content (AvgIpc) is 2.61. The Morgan fingerprint density at radius 1 is 1.12 bits per heavy atom. The summed E-state index contributed by atoms with van der Waals surface area (Å²) in [5.74, 6) is -2.61. The number of ether oxygens (including phenoxy) is 1. The largest absolute Gasteiger partial charge is 0.467 e. The van der Waals surface area contributed by atoms with Gasteiger partial charge in [0.05, 0.1) is 13.5 Å². The Balaban J connectivity index is 1.98. The standard InChI is InChI=1S/C19H19F2NO3/c1-25-19(24)17(10-7-13-5-3-2-4-6-13)22-18(23)11-14-8-9-15(20)12-16(14)21/h2-6,8-9,12,17H,7,10-11H2,1H3,(H,22,23)/t17-/m1/s1. The Hall–Kier alpha value is -2.76. The third-order valence-electron chi connectivity index (χ3n) is 3.75. The molecule has 1 atom stereocenters. The molecule has 1 N–H and O–H groups in total. The molecule has 0 heterocycles. The minimum absolute atomic E-state index is 0.0607. The minimum Gasteiger partial charge on any atom is -0.467 e. The molecule has 0 aliphatic rings. The van der Waals surface area contributed by atoms with E-state index in [4.69, 9.17) is 4.74 Å². The van der Waals surface area contributed by atoms with Crippen molar-refractivity contribution in [2.75, 3.05) is 7.11 Å². The first-order valence-corrected chi connectivity index (χ1v) is 7.84. The van der Waals surface area contributed by atoms with E-state index in [1.807, 2.05) is 30.3 Å². The first kappa shape index (κ1) is 18.6. The van der Waals surface area contributed by atoms with E-state index in [2.05, 4.69) is 5.32 Å². The molecular formula is C19H19F2NO3. The topological polar surface area (TPSA) is 55.4 Å². The number of rotatable bonds is 7. The van der Waals surface area contributed by atoms with Gasteiger partial charge in [-0.3, -0.25) is 4.79 Å². The Morgan fingerprint density at radius 2 is 1.84 bits per heavy atom. The molecule has 0 spiro atoms. The lowest BCUT2D eigenvalue weighted by Crippen LogP contribution is -2.42. The number of halogens is 2. The lowest BCUT2D eigenvalue weighted by molar-refractivity contribution is -0.145. The molecule has 0 saturated heterocycles. The molecule has 0 aliphatic heterocycles. The summed E-state index contributed by atoms with van der Waals surface area (Å²) in [6.07, 6.45) is 0.644. The summed E-state index contributed by atoms with van der Waals surface area (Å²) in [5, 5.41) is 2.55. The maximum Gasteiger partial charge on any atom is 0.328 e. The molecule has 0 saturated carbocycles. The van der Waals surface area contributed by atoms with Gasteiger partial charge in [-0.05, 0) is 30.0 Å². The van der Waals surface area contributed by atoms with Gasteiger partial charge in [-0.1, -0.05) is 36.4 Å². The van der Waals surface area contributed by atoms with Crippen LogP contribution in [-0.2, 0) is 27.2 Å². The molecule has 1 amide bonds. The van der Waals surface area contributed by atoms with Crippen LogP contribution in [-0.4, -0.2) is 25.0 Å². The van der Waals surface area contributed by atoms with Gasteiger partial charge in [0, 0.05) is 6.07 Å². The Morgan fingerprint density at radius 3 is 2.48 bits per heavy atom. The molecule has 4 nitrogen and oxygen atoms in total. The summed E-state index contributed by atoms with van der Waals surface area (Å²) in [4.78, 5) is 24.0. The Bertz CT molecular complexity index is 735. The molecule has 2 aromatic rings. The van der Waals surface area contributed by atoms with Gasteiger partial charge in [0.2, 0.25) is 5.91 Å². The van der Waals surface area contributed by atoms with E-state index in [1.165, 1.54) is 13.2 Å². The van der Waals surface area contributed by atoms with Crippen molar-refractivity contribution >= 4 is 11.9 Å². The van der Waals surface area contributed by atoms with E-state index in [0.29, 0.717) is 12.8 Å². The summed E-state index contributed by atoms with van der Waals surface area (Å²) < 4.78 is 31.3. The van der Waals surface area contributed by atoms with E-state index in [9.17, 15) is 18.4 Å². The van der Waals surface area contributed by atoms with Gasteiger partial charge in [0.25, 0.3) is 0 Å². The minimum atomic E-state index is -0.832.